The van der Waals surface area contributed by atoms with E-state index in [0.29, 0.717) is 18.2 Å². The maximum absolute atomic E-state index is 13.5. The predicted octanol–water partition coefficient (Wildman–Crippen LogP) is 2.16. The summed E-state index contributed by atoms with van der Waals surface area (Å²) in [4.78, 5) is 15.0. The molecule has 128 valence electrons. The Kier molecular flexibility index (Phi) is 4.87. The van der Waals surface area contributed by atoms with Gasteiger partial charge in [0.2, 0.25) is 5.91 Å². The first-order chi connectivity index (χ1) is 11.5. The number of aryl methyl sites for hydroxylation is 1. The van der Waals surface area contributed by atoms with E-state index in [1.807, 2.05) is 11.0 Å². The van der Waals surface area contributed by atoms with E-state index in [2.05, 4.69) is 22.4 Å². The molecule has 1 amide bonds. The number of carbonyl (C=O) groups is 1. The van der Waals surface area contributed by atoms with Gasteiger partial charge in [-0.1, -0.05) is 19.1 Å². The zero-order chi connectivity index (χ0) is 17.1. The fourth-order valence-electron chi connectivity index (χ4n) is 3.29. The first-order valence-corrected chi connectivity index (χ1v) is 8.32. The zero-order valence-corrected chi connectivity index (χ0v) is 14.0. The average molecular weight is 331 g/mol. The van der Waals surface area contributed by atoms with Gasteiger partial charge in [0.05, 0.1) is 0 Å². The second-order valence-electron chi connectivity index (χ2n) is 6.55. The minimum absolute atomic E-state index is 0.00112. The van der Waals surface area contributed by atoms with Gasteiger partial charge in [0.1, 0.15) is 17.7 Å². The summed E-state index contributed by atoms with van der Waals surface area (Å²) < 4.78 is 15.1. The van der Waals surface area contributed by atoms with Crippen LogP contribution in [0.4, 0.5) is 4.39 Å². The predicted molar refractivity (Wildman–Crippen MR) is 86.7 cm³/mol. The van der Waals surface area contributed by atoms with Gasteiger partial charge in [0.15, 0.2) is 0 Å². The van der Waals surface area contributed by atoms with Crippen LogP contribution in [0.5, 0.6) is 0 Å². The minimum atomic E-state index is -0.549. The van der Waals surface area contributed by atoms with E-state index >= 15 is 0 Å². The van der Waals surface area contributed by atoms with Crippen molar-refractivity contribution in [2.45, 2.75) is 39.2 Å². The lowest BCUT2D eigenvalue weighted by Gasteiger charge is -2.33. The molecule has 0 bridgehead atoms. The molecule has 24 heavy (non-hydrogen) atoms. The van der Waals surface area contributed by atoms with Crippen molar-refractivity contribution in [1.29, 1.82) is 0 Å². The molecule has 2 heterocycles. The lowest BCUT2D eigenvalue weighted by Crippen LogP contribution is -2.44. The van der Waals surface area contributed by atoms with Crippen LogP contribution in [0.25, 0.3) is 0 Å². The third-order valence-corrected chi connectivity index (χ3v) is 4.52. The van der Waals surface area contributed by atoms with Crippen LogP contribution >= 0.6 is 0 Å². The summed E-state index contributed by atoms with van der Waals surface area (Å²) in [5.41, 5.74) is 0.758. The van der Waals surface area contributed by atoms with E-state index in [-0.39, 0.29) is 11.7 Å². The largest absolute Gasteiger partial charge is 0.341 e. The first-order valence-electron chi connectivity index (χ1n) is 8.32. The quantitative estimate of drug-likeness (QED) is 0.861. The summed E-state index contributed by atoms with van der Waals surface area (Å²) >= 11 is 0. The fourth-order valence-corrected chi connectivity index (χ4v) is 3.29. The van der Waals surface area contributed by atoms with Crippen molar-refractivity contribution in [3.8, 4) is 0 Å². The number of piperidine rings is 1. The number of aromatic nitrogens is 4. The third kappa shape index (κ3) is 3.60. The molecule has 7 heteroatoms. The second kappa shape index (κ2) is 7.07. The summed E-state index contributed by atoms with van der Waals surface area (Å²) in [7, 11) is 0. The summed E-state index contributed by atoms with van der Waals surface area (Å²) in [5.74, 6) is 0.766. The molecule has 1 aliphatic heterocycles. The van der Waals surface area contributed by atoms with Gasteiger partial charge in [0, 0.05) is 19.5 Å². The number of carbonyl (C=O) groups excluding carboxylic acids is 1. The van der Waals surface area contributed by atoms with Gasteiger partial charge < -0.3 is 4.90 Å². The maximum atomic E-state index is 13.5. The smallest absolute Gasteiger partial charge is 0.247 e. The van der Waals surface area contributed by atoms with Crippen molar-refractivity contribution in [1.82, 2.24) is 25.1 Å². The fraction of sp³-hybridized carbons (Fsp3) is 0.529. The van der Waals surface area contributed by atoms with Crippen LogP contribution < -0.4 is 0 Å². The zero-order valence-electron chi connectivity index (χ0n) is 14.0. The molecule has 0 N–H and O–H groups in total. The minimum Gasteiger partial charge on any atom is -0.341 e. The maximum Gasteiger partial charge on any atom is 0.247 e. The van der Waals surface area contributed by atoms with Crippen molar-refractivity contribution < 1.29 is 9.18 Å². The Morgan fingerprint density at radius 3 is 2.96 bits per heavy atom. The van der Waals surface area contributed by atoms with Crippen LogP contribution in [0.2, 0.25) is 0 Å². The van der Waals surface area contributed by atoms with Crippen LogP contribution in [0.15, 0.2) is 24.3 Å². The van der Waals surface area contributed by atoms with E-state index in [1.54, 1.807) is 17.7 Å². The molecule has 2 atom stereocenters. The summed E-state index contributed by atoms with van der Waals surface area (Å²) in [5, 5.41) is 11.5. The molecule has 2 aromatic rings. The molecular formula is C17H22FN5O. The van der Waals surface area contributed by atoms with Crippen LogP contribution in [-0.2, 0) is 11.2 Å². The molecule has 6 nitrogen and oxygen atoms in total. The standard InChI is InChI=1S/C17H22FN5O/c1-12-5-4-8-22(11-12)17(24)16(23-13(2)19-20-21-23)10-14-6-3-7-15(18)9-14/h3,6-7,9,12,16H,4-5,8,10-11H2,1-2H3/t12-,16-/m0/s1. The summed E-state index contributed by atoms with van der Waals surface area (Å²) in [6.45, 7) is 5.43. The second-order valence-corrected chi connectivity index (χ2v) is 6.55. The Morgan fingerprint density at radius 1 is 1.46 bits per heavy atom. The Hall–Kier alpha value is -2.31. The van der Waals surface area contributed by atoms with Crippen LogP contribution in [0.1, 0.15) is 37.2 Å². The molecule has 0 saturated carbocycles. The number of hydrogen-bond donors (Lipinski definition) is 0. The van der Waals surface area contributed by atoms with Gasteiger partial charge in [-0.15, -0.1) is 5.10 Å². The van der Waals surface area contributed by atoms with E-state index in [9.17, 15) is 9.18 Å². The van der Waals surface area contributed by atoms with Crippen molar-refractivity contribution in [3.63, 3.8) is 0 Å². The molecule has 0 unspecified atom stereocenters. The van der Waals surface area contributed by atoms with Crippen LogP contribution in [0, 0.1) is 18.7 Å². The van der Waals surface area contributed by atoms with Crippen LogP contribution in [-0.4, -0.2) is 44.1 Å². The highest BCUT2D eigenvalue weighted by atomic mass is 19.1. The number of rotatable bonds is 4. The van der Waals surface area contributed by atoms with Crippen molar-refractivity contribution in [2.75, 3.05) is 13.1 Å². The summed E-state index contributed by atoms with van der Waals surface area (Å²) in [6, 6.07) is 5.78. The number of halogens is 1. The Morgan fingerprint density at radius 2 is 2.29 bits per heavy atom. The topological polar surface area (TPSA) is 63.9 Å². The molecular weight excluding hydrogens is 309 g/mol. The average Bonchev–Trinajstić information content (AvgIpc) is 2.98. The van der Waals surface area contributed by atoms with Gasteiger partial charge in [-0.3, -0.25) is 4.79 Å². The van der Waals surface area contributed by atoms with Gasteiger partial charge >= 0.3 is 0 Å². The Bertz CT molecular complexity index is 717. The molecule has 1 aliphatic rings. The highest BCUT2D eigenvalue weighted by Gasteiger charge is 2.31. The normalized spacial score (nSPS) is 19.3. The Balaban J connectivity index is 1.87. The molecule has 0 aliphatic carbocycles. The van der Waals surface area contributed by atoms with Crippen molar-refractivity contribution in [3.05, 3.63) is 41.5 Å². The highest BCUT2D eigenvalue weighted by Crippen LogP contribution is 2.22. The number of tetrazole rings is 1. The molecule has 1 saturated heterocycles. The first kappa shape index (κ1) is 16.5. The van der Waals surface area contributed by atoms with E-state index in [1.165, 1.54) is 12.1 Å². The monoisotopic (exact) mass is 331 g/mol. The lowest BCUT2D eigenvalue weighted by atomic mass is 9.98. The van der Waals surface area contributed by atoms with Gasteiger partial charge in [0.25, 0.3) is 0 Å². The van der Waals surface area contributed by atoms with Gasteiger partial charge in [-0.25, -0.2) is 9.07 Å². The number of hydrogen-bond acceptors (Lipinski definition) is 4. The third-order valence-electron chi connectivity index (χ3n) is 4.52. The molecule has 0 radical (unpaired) electrons. The van der Waals surface area contributed by atoms with E-state index in [4.69, 9.17) is 0 Å². The van der Waals surface area contributed by atoms with Crippen molar-refractivity contribution in [2.24, 2.45) is 5.92 Å². The molecule has 0 spiro atoms. The molecule has 1 aromatic carbocycles. The number of benzene rings is 1. The van der Waals surface area contributed by atoms with Gasteiger partial charge in [-0.2, -0.15) is 0 Å². The molecule has 1 aromatic heterocycles. The lowest BCUT2D eigenvalue weighted by molar-refractivity contribution is -0.136. The van der Waals surface area contributed by atoms with Crippen molar-refractivity contribution >= 4 is 5.91 Å². The number of amides is 1. The summed E-state index contributed by atoms with van der Waals surface area (Å²) in [6.07, 6.45) is 2.52. The number of likely N-dealkylation sites (tertiary alicyclic amines) is 1. The number of nitrogens with zero attached hydrogens (tertiary/aromatic N) is 5. The molecule has 3 rings (SSSR count). The van der Waals surface area contributed by atoms with Gasteiger partial charge in [-0.05, 0) is 53.8 Å². The van der Waals surface area contributed by atoms with E-state index in [0.717, 1.165) is 31.5 Å². The highest BCUT2D eigenvalue weighted by molar-refractivity contribution is 5.80. The SMILES string of the molecule is Cc1nnnn1[C@@H](Cc1cccc(F)c1)C(=O)N1CCC[C@H](C)C1. The van der Waals surface area contributed by atoms with Crippen LogP contribution in [0.3, 0.4) is 0 Å². The Labute approximate surface area is 140 Å². The molecule has 1 fully saturated rings. The van der Waals surface area contributed by atoms with E-state index < -0.39 is 6.04 Å².